The van der Waals surface area contributed by atoms with Crippen LogP contribution in [0.3, 0.4) is 0 Å². The van der Waals surface area contributed by atoms with Crippen LogP contribution in [0.25, 0.3) is 16.6 Å². The minimum absolute atomic E-state index is 0.420. The van der Waals surface area contributed by atoms with Gasteiger partial charge in [-0.1, -0.05) is 18.2 Å². The summed E-state index contributed by atoms with van der Waals surface area (Å²) in [5.74, 6) is 1.25. The van der Waals surface area contributed by atoms with Gasteiger partial charge in [0.1, 0.15) is 5.75 Å². The van der Waals surface area contributed by atoms with Crippen molar-refractivity contribution in [3.8, 4) is 16.9 Å². The van der Waals surface area contributed by atoms with Crippen LogP contribution in [0, 0.1) is 0 Å². The molecule has 2 heterocycles. The normalized spacial score (nSPS) is 10.1. The molecule has 2 aromatic heterocycles. The molecule has 0 saturated heterocycles. The number of ether oxygens (including phenoxy) is 1. The van der Waals surface area contributed by atoms with E-state index in [1.807, 2.05) is 54.9 Å². The number of hydrogen-bond donors (Lipinski definition) is 0. The molecule has 0 spiro atoms. The highest BCUT2D eigenvalue weighted by Crippen LogP contribution is 2.22. The van der Waals surface area contributed by atoms with Crippen LogP contribution in [0.5, 0.6) is 5.75 Å². The third-order valence-corrected chi connectivity index (χ3v) is 2.97. The van der Waals surface area contributed by atoms with Gasteiger partial charge < -0.3 is 14.7 Å². The smallest absolute Gasteiger partial charge is 0.188 e. The van der Waals surface area contributed by atoms with Gasteiger partial charge in [0, 0.05) is 12.1 Å². The summed E-state index contributed by atoms with van der Waals surface area (Å²) in [7, 11) is 1.65. The van der Waals surface area contributed by atoms with Gasteiger partial charge in [-0.15, -0.1) is 10.1 Å². The van der Waals surface area contributed by atoms with E-state index in [0.29, 0.717) is 5.95 Å². The Hall–Kier alpha value is -2.95. The fourth-order valence-electron chi connectivity index (χ4n) is 1.86. The average Bonchev–Trinajstić information content (AvgIpc) is 2.57. The highest BCUT2D eigenvalue weighted by atomic mass is 16.5. The molecule has 0 unspecified atom stereocenters. The lowest BCUT2D eigenvalue weighted by molar-refractivity contribution is -0.619. The maximum Gasteiger partial charge on any atom is 0.188 e. The van der Waals surface area contributed by atoms with Crippen molar-refractivity contribution in [1.82, 2.24) is 9.97 Å². The Bertz CT molecular complexity index is 697. The largest absolute Gasteiger partial charge is 0.497 e. The molecule has 21 heavy (non-hydrogen) atoms. The van der Waals surface area contributed by atoms with Crippen molar-refractivity contribution in [3.05, 3.63) is 72.7 Å². The summed E-state index contributed by atoms with van der Waals surface area (Å²) in [6.07, 6.45) is 7.19. The third-order valence-electron chi connectivity index (χ3n) is 2.97. The number of benzene rings is 1. The van der Waals surface area contributed by atoms with Crippen LogP contribution in [-0.4, -0.2) is 17.1 Å². The first-order valence-electron chi connectivity index (χ1n) is 6.50. The minimum Gasteiger partial charge on any atom is -0.497 e. The summed E-state index contributed by atoms with van der Waals surface area (Å²) in [5.41, 5.74) is 6.25. The van der Waals surface area contributed by atoms with Crippen molar-refractivity contribution in [1.29, 1.82) is 0 Å². The molecule has 0 fully saturated rings. The van der Waals surface area contributed by atoms with Gasteiger partial charge in [0.05, 0.1) is 13.1 Å². The molecule has 0 N–H and O–H groups in total. The number of hydrogen-bond acceptors (Lipinski definition) is 3. The monoisotopic (exact) mass is 278 g/mol. The zero-order valence-electron chi connectivity index (χ0n) is 11.5. The van der Waals surface area contributed by atoms with Crippen LogP contribution in [0.2, 0.25) is 0 Å². The van der Waals surface area contributed by atoms with E-state index in [2.05, 4.69) is 15.4 Å². The molecule has 0 saturated carbocycles. The molecule has 3 aromatic rings. The maximum absolute atomic E-state index is 5.14. The average molecular weight is 278 g/mol. The minimum atomic E-state index is 0.420. The fourth-order valence-corrected chi connectivity index (χ4v) is 1.86. The van der Waals surface area contributed by atoms with Gasteiger partial charge in [-0.05, 0) is 35.7 Å². The van der Waals surface area contributed by atoms with Gasteiger partial charge >= 0.3 is 0 Å². The van der Waals surface area contributed by atoms with Crippen LogP contribution < -0.4 is 9.41 Å². The Morgan fingerprint density at radius 2 is 1.57 bits per heavy atom. The number of nitrogens with zero attached hydrogens (tertiary/aromatic N) is 4. The van der Waals surface area contributed by atoms with Gasteiger partial charge in [-0.2, -0.15) is 0 Å². The van der Waals surface area contributed by atoms with E-state index in [4.69, 9.17) is 4.74 Å². The molecule has 1 aromatic carbocycles. The third kappa shape index (κ3) is 3.14. The second-order valence-corrected chi connectivity index (χ2v) is 4.36. The molecule has 0 bridgehead atoms. The standard InChI is InChI=1S/C16H14N4O/c1-21-15-7-5-13(6-8-15)14-11-17-16(18-12-14)19-20-9-3-2-4-10-20/h2-12H,1H3. The molecule has 0 aliphatic heterocycles. The van der Waals surface area contributed by atoms with E-state index in [1.54, 1.807) is 24.2 Å². The van der Waals surface area contributed by atoms with Gasteiger partial charge in [0.15, 0.2) is 12.4 Å². The quantitative estimate of drug-likeness (QED) is 0.689. The number of aromatic nitrogens is 3. The van der Waals surface area contributed by atoms with Crippen LogP contribution in [0.1, 0.15) is 0 Å². The Labute approximate surface area is 122 Å². The lowest BCUT2D eigenvalue weighted by Crippen LogP contribution is -2.26. The second kappa shape index (κ2) is 6.00. The van der Waals surface area contributed by atoms with Crippen LogP contribution >= 0.6 is 0 Å². The number of rotatable bonds is 4. The molecule has 0 aliphatic carbocycles. The zero-order valence-corrected chi connectivity index (χ0v) is 11.5. The predicted molar refractivity (Wildman–Crippen MR) is 79.1 cm³/mol. The van der Waals surface area contributed by atoms with E-state index in [0.717, 1.165) is 16.9 Å². The fraction of sp³-hybridized carbons (Fsp3) is 0.0625. The van der Waals surface area contributed by atoms with E-state index < -0.39 is 0 Å². The molecule has 0 radical (unpaired) electrons. The van der Waals surface area contributed by atoms with Crippen molar-refractivity contribution in [3.63, 3.8) is 0 Å². The first kappa shape index (κ1) is 13.1. The molecule has 104 valence electrons. The van der Waals surface area contributed by atoms with Gasteiger partial charge in [0.2, 0.25) is 0 Å². The first-order valence-corrected chi connectivity index (χ1v) is 6.50. The topological polar surface area (TPSA) is 53.0 Å². The van der Waals surface area contributed by atoms with Crippen molar-refractivity contribution < 1.29 is 9.41 Å². The summed E-state index contributed by atoms with van der Waals surface area (Å²) < 4.78 is 6.81. The SMILES string of the molecule is COc1ccc(-c2cnc([N-][n+]3ccccc3)nc2)cc1. The highest BCUT2D eigenvalue weighted by molar-refractivity contribution is 5.62. The summed E-state index contributed by atoms with van der Waals surface area (Å²) in [6, 6.07) is 13.5. The van der Waals surface area contributed by atoms with Crippen LogP contribution in [-0.2, 0) is 0 Å². The molecule has 0 amide bonds. The maximum atomic E-state index is 5.14. The van der Waals surface area contributed by atoms with Gasteiger partial charge in [-0.3, -0.25) is 0 Å². The van der Waals surface area contributed by atoms with Crippen molar-refractivity contribution in [2.75, 3.05) is 7.11 Å². The summed E-state index contributed by atoms with van der Waals surface area (Å²) in [6.45, 7) is 0. The molecule has 0 atom stereocenters. The van der Waals surface area contributed by atoms with E-state index in [-0.39, 0.29) is 0 Å². The molecular weight excluding hydrogens is 264 g/mol. The molecule has 5 heteroatoms. The predicted octanol–water partition coefficient (Wildman–Crippen LogP) is 2.91. The Kier molecular flexibility index (Phi) is 3.73. The second-order valence-electron chi connectivity index (χ2n) is 4.36. The van der Waals surface area contributed by atoms with Gasteiger partial charge in [0.25, 0.3) is 0 Å². The van der Waals surface area contributed by atoms with Gasteiger partial charge in [-0.25, -0.2) is 0 Å². The van der Waals surface area contributed by atoms with Crippen LogP contribution in [0.15, 0.2) is 67.3 Å². The Balaban J connectivity index is 1.77. The van der Waals surface area contributed by atoms with E-state index >= 15 is 0 Å². The number of pyridine rings is 1. The molecule has 5 nitrogen and oxygen atoms in total. The molecule has 3 rings (SSSR count). The van der Waals surface area contributed by atoms with Crippen molar-refractivity contribution >= 4 is 5.95 Å². The zero-order chi connectivity index (χ0) is 14.5. The Morgan fingerprint density at radius 1 is 0.905 bits per heavy atom. The molecule has 0 aliphatic rings. The highest BCUT2D eigenvalue weighted by Gasteiger charge is 1.99. The summed E-state index contributed by atoms with van der Waals surface area (Å²) in [4.78, 5) is 8.53. The lowest BCUT2D eigenvalue weighted by atomic mass is 10.1. The van der Waals surface area contributed by atoms with E-state index in [1.165, 1.54) is 0 Å². The van der Waals surface area contributed by atoms with Crippen LogP contribution in [0.4, 0.5) is 5.95 Å². The van der Waals surface area contributed by atoms with E-state index in [9.17, 15) is 0 Å². The summed E-state index contributed by atoms with van der Waals surface area (Å²) >= 11 is 0. The Morgan fingerprint density at radius 3 is 2.19 bits per heavy atom. The van der Waals surface area contributed by atoms with Crippen molar-refractivity contribution in [2.24, 2.45) is 0 Å². The number of methoxy groups -OCH3 is 1. The molecular formula is C16H14N4O. The summed E-state index contributed by atoms with van der Waals surface area (Å²) in [5, 5.41) is 0. The first-order chi connectivity index (χ1) is 10.3. The van der Waals surface area contributed by atoms with Crippen molar-refractivity contribution in [2.45, 2.75) is 0 Å². The lowest BCUT2D eigenvalue weighted by Gasteiger charge is -2.09.